The summed E-state index contributed by atoms with van der Waals surface area (Å²) in [6, 6.07) is 0. The Balaban J connectivity index is 1.66. The lowest BCUT2D eigenvalue weighted by Crippen LogP contribution is -3.14. The van der Waals surface area contributed by atoms with Crippen LogP contribution in [0.1, 0.15) is 44.2 Å². The zero-order chi connectivity index (χ0) is 18.4. The number of carbonyl (C=O) groups is 1. The lowest BCUT2D eigenvalue weighted by molar-refractivity contribution is -0.907. The van der Waals surface area contributed by atoms with E-state index in [9.17, 15) is 4.79 Å². The largest absolute Gasteiger partial charge is 0.370 e. The first kappa shape index (κ1) is 19.6. The van der Waals surface area contributed by atoms with Crippen molar-refractivity contribution >= 4 is 17.5 Å². The van der Waals surface area contributed by atoms with Gasteiger partial charge in [0.15, 0.2) is 0 Å². The Hall–Kier alpha value is -1.11. The predicted molar refractivity (Wildman–Crippen MR) is 101 cm³/mol. The summed E-state index contributed by atoms with van der Waals surface area (Å²) in [6.45, 7) is 5.92. The molecule has 1 aliphatic heterocycles. The third-order valence-corrected chi connectivity index (χ3v) is 5.96. The molecule has 2 fully saturated rings. The fourth-order valence-corrected chi connectivity index (χ4v) is 4.29. The molecular formula is C19H32ClN4O2+. The molecule has 1 saturated heterocycles. The summed E-state index contributed by atoms with van der Waals surface area (Å²) in [4.78, 5) is 16.8. The van der Waals surface area contributed by atoms with Crippen LogP contribution in [0.3, 0.4) is 0 Å². The van der Waals surface area contributed by atoms with Gasteiger partial charge in [-0.2, -0.15) is 5.10 Å². The number of aromatic nitrogens is 2. The van der Waals surface area contributed by atoms with Gasteiger partial charge in [0.25, 0.3) is 0 Å². The summed E-state index contributed by atoms with van der Waals surface area (Å²) in [7, 11) is 1.87. The van der Waals surface area contributed by atoms with Crippen LogP contribution in [-0.4, -0.2) is 60.0 Å². The molecule has 1 aromatic heterocycles. The quantitative estimate of drug-likeness (QED) is 0.753. The van der Waals surface area contributed by atoms with E-state index in [4.69, 9.17) is 16.3 Å². The Kier molecular flexibility index (Phi) is 7.34. The topological polar surface area (TPSA) is 51.8 Å². The summed E-state index contributed by atoms with van der Waals surface area (Å²) in [5.41, 5.74) is 0.799. The predicted octanol–water partition coefficient (Wildman–Crippen LogP) is 1.29. The summed E-state index contributed by atoms with van der Waals surface area (Å²) < 4.78 is 7.17. The first-order valence-electron chi connectivity index (χ1n) is 10.0. The molecular weight excluding hydrogens is 352 g/mol. The minimum absolute atomic E-state index is 0.166. The van der Waals surface area contributed by atoms with Crippen LogP contribution in [0.2, 0.25) is 5.02 Å². The Morgan fingerprint density at radius 1 is 1.31 bits per heavy atom. The monoisotopic (exact) mass is 383 g/mol. The molecule has 0 spiro atoms. The van der Waals surface area contributed by atoms with Crippen molar-refractivity contribution in [2.24, 2.45) is 13.0 Å². The standard InChI is InChI=1S/C19H31ClN4O2/c1-22-14-17(20)18(21-22)15-24(9-8-23-10-12-26-13-11-23)19(25)16-6-4-2-3-5-7-16/h14,16H,2-13,15H2,1H3/p+1. The van der Waals surface area contributed by atoms with Gasteiger partial charge in [-0.1, -0.05) is 37.3 Å². The third kappa shape index (κ3) is 5.44. The van der Waals surface area contributed by atoms with Crippen LogP contribution in [0.4, 0.5) is 0 Å². The average molecular weight is 384 g/mol. The van der Waals surface area contributed by atoms with Gasteiger partial charge < -0.3 is 14.5 Å². The molecule has 26 heavy (non-hydrogen) atoms. The second-order valence-corrected chi connectivity index (χ2v) is 8.07. The van der Waals surface area contributed by atoms with Crippen molar-refractivity contribution in [1.29, 1.82) is 0 Å². The molecule has 0 bridgehead atoms. The lowest BCUT2D eigenvalue weighted by atomic mass is 9.98. The Morgan fingerprint density at radius 2 is 2.00 bits per heavy atom. The SMILES string of the molecule is Cn1cc(Cl)c(CN(CC[NH+]2CCOCC2)C(=O)C2CCCCCC2)n1. The van der Waals surface area contributed by atoms with Gasteiger partial charge in [-0.25, -0.2) is 0 Å². The van der Waals surface area contributed by atoms with E-state index in [-0.39, 0.29) is 5.92 Å². The molecule has 7 heteroatoms. The Morgan fingerprint density at radius 3 is 2.62 bits per heavy atom. The van der Waals surface area contributed by atoms with Crippen molar-refractivity contribution in [3.8, 4) is 0 Å². The van der Waals surface area contributed by atoms with E-state index in [0.29, 0.717) is 17.5 Å². The van der Waals surface area contributed by atoms with Crippen LogP contribution >= 0.6 is 11.6 Å². The average Bonchev–Trinajstić information content (AvgIpc) is 2.83. The third-order valence-electron chi connectivity index (χ3n) is 5.65. The molecule has 0 aromatic carbocycles. The number of morpholine rings is 1. The van der Waals surface area contributed by atoms with Crippen molar-refractivity contribution in [1.82, 2.24) is 14.7 Å². The number of amides is 1. The van der Waals surface area contributed by atoms with E-state index in [0.717, 1.165) is 57.9 Å². The van der Waals surface area contributed by atoms with Crippen LogP contribution in [0, 0.1) is 5.92 Å². The number of hydrogen-bond donors (Lipinski definition) is 1. The van der Waals surface area contributed by atoms with Gasteiger partial charge in [0.2, 0.25) is 5.91 Å². The van der Waals surface area contributed by atoms with Crippen LogP contribution < -0.4 is 4.90 Å². The van der Waals surface area contributed by atoms with Gasteiger partial charge >= 0.3 is 0 Å². The number of carbonyl (C=O) groups excluding carboxylic acids is 1. The van der Waals surface area contributed by atoms with Crippen LogP contribution in [-0.2, 0) is 23.1 Å². The van der Waals surface area contributed by atoms with Gasteiger partial charge in [0, 0.05) is 19.2 Å². The summed E-state index contributed by atoms with van der Waals surface area (Å²) in [6.07, 6.45) is 8.71. The number of rotatable bonds is 6. The zero-order valence-electron chi connectivity index (χ0n) is 15.9. The van der Waals surface area contributed by atoms with E-state index in [1.807, 2.05) is 11.9 Å². The van der Waals surface area contributed by atoms with Crippen LogP contribution in [0.5, 0.6) is 0 Å². The molecule has 1 N–H and O–H groups in total. The van der Waals surface area contributed by atoms with Gasteiger partial charge in [0.05, 0.1) is 37.9 Å². The fraction of sp³-hybridized carbons (Fsp3) is 0.789. The van der Waals surface area contributed by atoms with Crippen molar-refractivity contribution < 1.29 is 14.4 Å². The molecule has 1 saturated carbocycles. The van der Waals surface area contributed by atoms with Crippen molar-refractivity contribution in [2.75, 3.05) is 39.4 Å². The Bertz CT molecular complexity index is 578. The molecule has 1 amide bonds. The smallest absolute Gasteiger partial charge is 0.226 e. The molecule has 1 aliphatic carbocycles. The zero-order valence-corrected chi connectivity index (χ0v) is 16.6. The maximum Gasteiger partial charge on any atom is 0.226 e. The highest BCUT2D eigenvalue weighted by atomic mass is 35.5. The number of halogens is 1. The maximum absolute atomic E-state index is 13.3. The maximum atomic E-state index is 13.3. The normalized spacial score (nSPS) is 20.1. The highest BCUT2D eigenvalue weighted by Crippen LogP contribution is 2.25. The second kappa shape index (κ2) is 9.72. The first-order valence-corrected chi connectivity index (χ1v) is 10.4. The highest BCUT2D eigenvalue weighted by Gasteiger charge is 2.27. The molecule has 6 nitrogen and oxygen atoms in total. The van der Waals surface area contributed by atoms with Crippen molar-refractivity contribution in [2.45, 2.75) is 45.1 Å². The van der Waals surface area contributed by atoms with E-state index in [1.54, 1.807) is 10.9 Å². The lowest BCUT2D eigenvalue weighted by Gasteiger charge is -2.29. The number of hydrogen-bond acceptors (Lipinski definition) is 3. The Labute approximate surface area is 161 Å². The van der Waals surface area contributed by atoms with Crippen LogP contribution in [0.25, 0.3) is 0 Å². The highest BCUT2D eigenvalue weighted by molar-refractivity contribution is 6.31. The van der Waals surface area contributed by atoms with Gasteiger partial charge in [-0.3, -0.25) is 9.48 Å². The van der Waals surface area contributed by atoms with Gasteiger partial charge in [-0.15, -0.1) is 0 Å². The number of nitrogens with one attached hydrogen (secondary N) is 1. The van der Waals surface area contributed by atoms with E-state index in [2.05, 4.69) is 5.10 Å². The molecule has 0 atom stereocenters. The first-order chi connectivity index (χ1) is 12.6. The van der Waals surface area contributed by atoms with Crippen molar-refractivity contribution in [3.05, 3.63) is 16.9 Å². The second-order valence-electron chi connectivity index (χ2n) is 7.66. The van der Waals surface area contributed by atoms with E-state index in [1.165, 1.54) is 30.6 Å². The summed E-state index contributed by atoms with van der Waals surface area (Å²) >= 11 is 6.31. The number of quaternary nitrogens is 1. The van der Waals surface area contributed by atoms with Gasteiger partial charge in [-0.05, 0) is 12.8 Å². The van der Waals surface area contributed by atoms with E-state index >= 15 is 0 Å². The number of aryl methyl sites for hydroxylation is 1. The molecule has 1 aromatic rings. The summed E-state index contributed by atoms with van der Waals surface area (Å²) in [5.74, 6) is 0.459. The molecule has 3 rings (SSSR count). The van der Waals surface area contributed by atoms with E-state index < -0.39 is 0 Å². The molecule has 2 heterocycles. The summed E-state index contributed by atoms with van der Waals surface area (Å²) in [5, 5.41) is 5.10. The van der Waals surface area contributed by atoms with Crippen LogP contribution in [0.15, 0.2) is 6.20 Å². The number of nitrogens with zero attached hydrogens (tertiary/aromatic N) is 3. The minimum Gasteiger partial charge on any atom is -0.370 e. The molecule has 0 unspecified atom stereocenters. The fourth-order valence-electron chi connectivity index (χ4n) is 4.05. The molecule has 2 aliphatic rings. The van der Waals surface area contributed by atoms with Crippen molar-refractivity contribution in [3.63, 3.8) is 0 Å². The molecule has 146 valence electrons. The van der Waals surface area contributed by atoms with Gasteiger partial charge in [0.1, 0.15) is 18.8 Å². The molecule has 0 radical (unpaired) electrons. The number of ether oxygens (including phenoxy) is 1. The minimum atomic E-state index is 0.166.